The Bertz CT molecular complexity index is 10400. The van der Waals surface area contributed by atoms with Crippen LogP contribution in [-0.4, -0.2) is 29.1 Å². The van der Waals surface area contributed by atoms with Crippen LogP contribution < -0.4 is 0 Å². The molecule has 0 saturated carbocycles. The summed E-state index contributed by atoms with van der Waals surface area (Å²) in [6.07, 6.45) is 0. The minimum atomic E-state index is 0.915. The predicted octanol–water partition coefficient (Wildman–Crippen LogP) is 36.6. The van der Waals surface area contributed by atoms with Crippen molar-refractivity contribution in [3.8, 4) is 101 Å². The second kappa shape index (κ2) is 32.4. The van der Waals surface area contributed by atoms with Crippen LogP contribution in [0, 0.1) is 0 Å². The molecule has 0 aliphatic carbocycles. The van der Waals surface area contributed by atoms with Crippen LogP contribution >= 0.6 is 0 Å². The molecule has 0 spiro atoms. The lowest BCUT2D eigenvalue weighted by Gasteiger charge is -2.18. The number of hydrogen-bond acceptors (Lipinski definition) is 4. The first-order valence-electron chi connectivity index (χ1n) is 48.8. The molecule has 0 unspecified atom stereocenters. The molecule has 30 aromatic rings. The van der Waals surface area contributed by atoms with Crippen LogP contribution in [0.2, 0.25) is 0 Å². The molecule has 0 bridgehead atoms. The van der Waals surface area contributed by atoms with Gasteiger partial charge in [0.05, 0.1) is 44.5 Å². The van der Waals surface area contributed by atoms with Gasteiger partial charge in [0.1, 0.15) is 11.6 Å². The average Bonchev–Trinajstić information content (AvgIpc) is 0.881. The molecule has 0 N–H and O–H groups in total. The number of fused-ring (bicyclic) bond motifs is 32. The lowest BCUT2D eigenvalue weighted by molar-refractivity contribution is 1.10. The summed E-state index contributed by atoms with van der Waals surface area (Å²) in [6.45, 7) is 0. The van der Waals surface area contributed by atoms with Crippen molar-refractivity contribution in [2.24, 2.45) is 0 Å². The molecule has 142 heavy (non-hydrogen) atoms. The molecule has 4 heterocycles. The minimum Gasteiger partial charge on any atom is -0.292 e. The second-order valence-corrected chi connectivity index (χ2v) is 37.6. The first-order valence-corrected chi connectivity index (χ1v) is 48.8. The van der Waals surface area contributed by atoms with Gasteiger partial charge in [0.2, 0.25) is 0 Å². The fraction of sp³-hybridized carbons (Fsp3) is 0. The van der Waals surface area contributed by atoms with Crippen molar-refractivity contribution in [3.05, 3.63) is 497 Å². The molecule has 0 aliphatic heterocycles. The van der Waals surface area contributed by atoms with E-state index in [0.717, 1.165) is 167 Å². The Hall–Kier alpha value is -18.9. The summed E-state index contributed by atoms with van der Waals surface area (Å²) < 4.78 is 4.54. The van der Waals surface area contributed by atoms with Gasteiger partial charge in [-0.05, 0) is 282 Å². The van der Waals surface area contributed by atoms with E-state index in [1.807, 2.05) is 0 Å². The predicted molar refractivity (Wildman–Crippen MR) is 601 cm³/mol. The maximum atomic E-state index is 5.70. The van der Waals surface area contributed by atoms with Gasteiger partial charge in [0, 0.05) is 55.2 Å². The van der Waals surface area contributed by atoms with Gasteiger partial charge in [-0.25, -0.2) is 19.9 Å². The van der Waals surface area contributed by atoms with Gasteiger partial charge < -0.3 is 0 Å². The number of aromatic nitrogens is 6. The van der Waals surface area contributed by atoms with E-state index in [4.69, 9.17) is 19.9 Å². The molecule has 30 rings (SSSR count). The molecule has 0 saturated heterocycles. The SMILES string of the molecule is c1ccc(-c2nc3ccccc3n2-c2ccc(-c3cc4c(-c5ccc6c7ccccc7c7ccccc7c6c5)cc(-c5ccc6c7ccccc7c7ccccc7c6c5)nc4c4ccccc34)cc2)cc1.c1ccc(-n2c(-c3ccc(-c4cc5c(-c6ccc7c8ccccc8c8ccccc8c7c6)cc(-c6ccc7c8ccccc8c8ccccc8c7c6)nc5c5ccccc45)cc3)nc3ccccc32)cc1. The summed E-state index contributed by atoms with van der Waals surface area (Å²) in [5.41, 5.74) is 23.6. The number of benzene rings is 26. The standard InChI is InChI=1S/2C68H41N3/c1-2-16-43(17-3-1)68-70-64-28-14-15-29-66(64)71(68)46-34-30-42(31-35-46)59-40-63-60(44-32-36-56-51-22-6-4-18-47(51)49-20-8-10-24-53(49)61(56)38-44)41-65(69-67(63)58-27-13-12-26-55(58)59)45-33-37-57-52-23-7-5-19-48(52)50-21-9-11-25-54(50)62(57)39-45;1-2-16-46(17-3-1)71-66-29-15-14-28-64(66)70-68(71)43-32-30-42(31-33-43)59-40-63-60(44-34-36-56-51-22-6-4-18-47(51)49-20-8-10-24-53(49)61(56)38-44)41-65(69-67(63)58-27-13-12-26-55(58)59)45-35-37-57-52-23-7-5-19-48(52)50-21-9-11-25-54(50)62(57)39-45/h2*1-41H. The van der Waals surface area contributed by atoms with Crippen LogP contribution in [0.15, 0.2) is 497 Å². The van der Waals surface area contributed by atoms with Gasteiger partial charge in [0.25, 0.3) is 0 Å². The highest BCUT2D eigenvalue weighted by molar-refractivity contribution is 6.31. The Morgan fingerprint density at radius 2 is 0.352 bits per heavy atom. The number of para-hydroxylation sites is 5. The summed E-state index contributed by atoms with van der Waals surface area (Å²) in [5, 5.41) is 36.9. The van der Waals surface area contributed by atoms with Gasteiger partial charge in [-0.2, -0.15) is 0 Å². The van der Waals surface area contributed by atoms with Gasteiger partial charge in [-0.15, -0.1) is 0 Å². The van der Waals surface area contributed by atoms with Crippen molar-refractivity contribution in [1.29, 1.82) is 0 Å². The Balaban J connectivity index is 0.000000136. The molecule has 656 valence electrons. The first-order chi connectivity index (χ1) is 70.4. The van der Waals surface area contributed by atoms with E-state index in [1.54, 1.807) is 0 Å². The largest absolute Gasteiger partial charge is 0.292 e. The Morgan fingerprint density at radius 3 is 0.690 bits per heavy atom. The summed E-state index contributed by atoms with van der Waals surface area (Å²) >= 11 is 0. The van der Waals surface area contributed by atoms with Crippen molar-refractivity contribution >= 4 is 195 Å². The van der Waals surface area contributed by atoms with Crippen LogP contribution in [0.25, 0.3) is 296 Å². The van der Waals surface area contributed by atoms with Gasteiger partial charge in [-0.1, -0.05) is 400 Å². The number of hydrogen-bond donors (Lipinski definition) is 0. The highest BCUT2D eigenvalue weighted by Crippen LogP contribution is 2.50. The summed E-state index contributed by atoms with van der Waals surface area (Å²) in [6, 6.07) is 181. The maximum Gasteiger partial charge on any atom is 0.145 e. The molecule has 0 radical (unpaired) electrons. The second-order valence-electron chi connectivity index (χ2n) is 37.6. The number of imidazole rings is 2. The van der Waals surface area contributed by atoms with E-state index in [9.17, 15) is 0 Å². The highest BCUT2D eigenvalue weighted by Gasteiger charge is 2.26. The normalized spacial score (nSPS) is 11.9. The molecular formula is C136H82N6. The molecule has 0 fully saturated rings. The van der Waals surface area contributed by atoms with E-state index in [1.165, 1.54) is 129 Å². The monoisotopic (exact) mass is 1800 g/mol. The number of rotatable bonds is 10. The fourth-order valence-electron chi connectivity index (χ4n) is 23.4. The summed E-state index contributed by atoms with van der Waals surface area (Å²) in [7, 11) is 0. The third kappa shape index (κ3) is 12.8. The first kappa shape index (κ1) is 80.4. The van der Waals surface area contributed by atoms with Crippen molar-refractivity contribution in [1.82, 2.24) is 29.1 Å². The lowest BCUT2D eigenvalue weighted by atomic mass is 9.88. The topological polar surface area (TPSA) is 61.4 Å². The Morgan fingerprint density at radius 1 is 0.127 bits per heavy atom. The average molecular weight is 1800 g/mol. The molecule has 6 nitrogen and oxygen atoms in total. The van der Waals surface area contributed by atoms with Crippen molar-refractivity contribution in [2.45, 2.75) is 0 Å². The van der Waals surface area contributed by atoms with Gasteiger partial charge >= 0.3 is 0 Å². The fourth-order valence-corrected chi connectivity index (χ4v) is 23.4. The lowest BCUT2D eigenvalue weighted by Crippen LogP contribution is -1.98. The molecule has 26 aromatic carbocycles. The van der Waals surface area contributed by atoms with E-state index in [0.29, 0.717) is 0 Å². The Labute approximate surface area is 816 Å². The number of nitrogens with zero attached hydrogens (tertiary/aromatic N) is 6. The van der Waals surface area contributed by atoms with E-state index in [2.05, 4.69) is 507 Å². The third-order valence-electron chi connectivity index (χ3n) is 29.9. The van der Waals surface area contributed by atoms with Gasteiger partial charge in [-0.3, -0.25) is 9.13 Å². The molecule has 6 heteroatoms. The molecule has 0 atom stereocenters. The Kier molecular flexibility index (Phi) is 18.3. The van der Waals surface area contributed by atoms with Crippen LogP contribution in [0.3, 0.4) is 0 Å². The summed E-state index contributed by atoms with van der Waals surface area (Å²) in [5.74, 6) is 1.84. The molecule has 4 aromatic heterocycles. The smallest absolute Gasteiger partial charge is 0.145 e. The molecule has 0 amide bonds. The van der Waals surface area contributed by atoms with Crippen LogP contribution in [-0.2, 0) is 0 Å². The zero-order valence-corrected chi connectivity index (χ0v) is 77.0. The van der Waals surface area contributed by atoms with Crippen molar-refractivity contribution < 1.29 is 0 Å². The van der Waals surface area contributed by atoms with Crippen LogP contribution in [0.5, 0.6) is 0 Å². The number of pyridine rings is 2. The summed E-state index contributed by atoms with van der Waals surface area (Å²) in [4.78, 5) is 21.7. The minimum absolute atomic E-state index is 0.915. The van der Waals surface area contributed by atoms with E-state index < -0.39 is 0 Å². The zero-order chi connectivity index (χ0) is 93.1. The van der Waals surface area contributed by atoms with Crippen molar-refractivity contribution in [3.63, 3.8) is 0 Å². The zero-order valence-electron chi connectivity index (χ0n) is 77.0. The quantitative estimate of drug-likeness (QED) is 0.128. The van der Waals surface area contributed by atoms with Crippen molar-refractivity contribution in [2.75, 3.05) is 0 Å². The molecular weight excluding hydrogens is 1720 g/mol. The van der Waals surface area contributed by atoms with Gasteiger partial charge in [0.15, 0.2) is 0 Å². The molecule has 0 aliphatic rings. The van der Waals surface area contributed by atoms with E-state index >= 15 is 0 Å². The third-order valence-corrected chi connectivity index (χ3v) is 29.9. The highest BCUT2D eigenvalue weighted by atomic mass is 15.1. The maximum absolute atomic E-state index is 5.70. The van der Waals surface area contributed by atoms with Crippen LogP contribution in [0.4, 0.5) is 0 Å². The van der Waals surface area contributed by atoms with E-state index in [-0.39, 0.29) is 0 Å². The van der Waals surface area contributed by atoms with Crippen LogP contribution in [0.1, 0.15) is 0 Å².